The maximum absolute atomic E-state index is 14.2. The molecule has 5 heteroatoms. The second-order valence-corrected chi connectivity index (χ2v) is 7.78. The van der Waals surface area contributed by atoms with Crippen LogP contribution in [-0.4, -0.2) is 28.8 Å². The average molecular weight is 399 g/mol. The molecule has 156 valence electrons. The van der Waals surface area contributed by atoms with Crippen molar-refractivity contribution in [3.63, 3.8) is 0 Å². The number of carbonyl (C=O) groups is 2. The summed E-state index contributed by atoms with van der Waals surface area (Å²) < 4.78 is 14.2. The summed E-state index contributed by atoms with van der Waals surface area (Å²) >= 11 is 0. The second kappa shape index (κ2) is 10.2. The Morgan fingerprint density at radius 2 is 1.69 bits per heavy atom. The quantitative estimate of drug-likeness (QED) is 0.720. The van der Waals surface area contributed by atoms with Gasteiger partial charge in [0.1, 0.15) is 11.9 Å². The van der Waals surface area contributed by atoms with Crippen LogP contribution in [0, 0.1) is 19.7 Å². The van der Waals surface area contributed by atoms with Crippen LogP contribution in [0.5, 0.6) is 0 Å². The number of hydrogen-bond acceptors (Lipinski definition) is 2. The molecule has 0 aliphatic heterocycles. The highest BCUT2D eigenvalue weighted by atomic mass is 19.1. The molecular weight excluding hydrogens is 367 g/mol. The van der Waals surface area contributed by atoms with Crippen LogP contribution >= 0.6 is 0 Å². The summed E-state index contributed by atoms with van der Waals surface area (Å²) in [4.78, 5) is 27.3. The molecule has 0 heterocycles. The first-order chi connectivity index (χ1) is 13.7. The summed E-state index contributed by atoms with van der Waals surface area (Å²) in [5.41, 5.74) is 3.44. The molecule has 0 spiro atoms. The number of amides is 2. The van der Waals surface area contributed by atoms with Crippen molar-refractivity contribution in [3.8, 4) is 0 Å². The summed E-state index contributed by atoms with van der Waals surface area (Å²) in [5.74, 6) is -0.819. The fraction of sp³-hybridized carbons (Fsp3) is 0.417. The number of benzene rings is 2. The Balaban J connectivity index is 2.28. The number of halogens is 1. The topological polar surface area (TPSA) is 49.4 Å². The minimum absolute atomic E-state index is 0.00906. The highest BCUT2D eigenvalue weighted by Gasteiger charge is 2.27. The molecule has 2 amide bonds. The van der Waals surface area contributed by atoms with Crippen LogP contribution in [0.4, 0.5) is 4.39 Å². The lowest BCUT2D eigenvalue weighted by Crippen LogP contribution is -2.50. The Bertz CT molecular complexity index is 845. The van der Waals surface area contributed by atoms with Crippen molar-refractivity contribution in [2.75, 3.05) is 0 Å². The highest BCUT2D eigenvalue weighted by molar-refractivity contribution is 5.88. The molecule has 0 saturated carbocycles. The molecule has 2 atom stereocenters. The molecule has 0 aliphatic carbocycles. The number of nitrogens with zero attached hydrogens (tertiary/aromatic N) is 1. The summed E-state index contributed by atoms with van der Waals surface area (Å²) in [5, 5.41) is 2.92. The van der Waals surface area contributed by atoms with E-state index in [1.165, 1.54) is 11.0 Å². The summed E-state index contributed by atoms with van der Waals surface area (Å²) in [6.45, 7) is 9.62. The van der Waals surface area contributed by atoms with E-state index in [9.17, 15) is 14.0 Å². The van der Waals surface area contributed by atoms with Crippen LogP contribution in [0.3, 0.4) is 0 Å². The van der Waals surface area contributed by atoms with Gasteiger partial charge in [-0.15, -0.1) is 0 Å². The van der Waals surface area contributed by atoms with Crippen LogP contribution in [0.1, 0.15) is 49.4 Å². The molecule has 4 nitrogen and oxygen atoms in total. The van der Waals surface area contributed by atoms with E-state index >= 15 is 0 Å². The van der Waals surface area contributed by atoms with Crippen molar-refractivity contribution in [2.45, 2.75) is 66.1 Å². The van der Waals surface area contributed by atoms with Crippen molar-refractivity contribution in [1.82, 2.24) is 10.2 Å². The third-order valence-corrected chi connectivity index (χ3v) is 5.10. The first-order valence-corrected chi connectivity index (χ1v) is 10.1. The van der Waals surface area contributed by atoms with Crippen molar-refractivity contribution in [1.29, 1.82) is 0 Å². The van der Waals surface area contributed by atoms with Gasteiger partial charge in [0.05, 0.1) is 6.42 Å². The van der Waals surface area contributed by atoms with Gasteiger partial charge < -0.3 is 10.2 Å². The molecule has 29 heavy (non-hydrogen) atoms. The molecule has 1 N–H and O–H groups in total. The average Bonchev–Trinajstić information content (AvgIpc) is 2.65. The van der Waals surface area contributed by atoms with Gasteiger partial charge in [-0.1, -0.05) is 54.4 Å². The maximum Gasteiger partial charge on any atom is 0.242 e. The molecule has 0 saturated heterocycles. The highest BCUT2D eigenvalue weighted by Crippen LogP contribution is 2.16. The zero-order valence-corrected chi connectivity index (χ0v) is 18.0. The fourth-order valence-corrected chi connectivity index (χ4v) is 3.31. The molecule has 2 rings (SSSR count). The SMILES string of the molecule is CC[C@@H](C)NC(=O)[C@H](C)N(Cc1ccccc1F)C(=O)Cc1cc(C)cc(C)c1. The van der Waals surface area contributed by atoms with Crippen LogP contribution in [-0.2, 0) is 22.6 Å². The van der Waals surface area contributed by atoms with E-state index in [1.807, 2.05) is 45.9 Å². The van der Waals surface area contributed by atoms with Crippen LogP contribution in [0.15, 0.2) is 42.5 Å². The molecule has 0 fully saturated rings. The first kappa shape index (κ1) is 22.6. The minimum Gasteiger partial charge on any atom is -0.352 e. The molecule has 2 aromatic rings. The van der Waals surface area contributed by atoms with Gasteiger partial charge in [-0.3, -0.25) is 9.59 Å². The lowest BCUT2D eigenvalue weighted by Gasteiger charge is -2.30. The monoisotopic (exact) mass is 398 g/mol. The first-order valence-electron chi connectivity index (χ1n) is 10.1. The zero-order chi connectivity index (χ0) is 21.6. The number of carbonyl (C=O) groups excluding carboxylic acids is 2. The predicted molar refractivity (Wildman–Crippen MR) is 114 cm³/mol. The van der Waals surface area contributed by atoms with Gasteiger partial charge in [-0.25, -0.2) is 4.39 Å². The molecule has 0 aromatic heterocycles. The van der Waals surface area contributed by atoms with Gasteiger partial charge in [0.2, 0.25) is 11.8 Å². The Hall–Kier alpha value is -2.69. The zero-order valence-electron chi connectivity index (χ0n) is 18.0. The third kappa shape index (κ3) is 6.41. The van der Waals surface area contributed by atoms with E-state index < -0.39 is 6.04 Å². The lowest BCUT2D eigenvalue weighted by atomic mass is 10.0. The molecular formula is C24H31FN2O2. The second-order valence-electron chi connectivity index (χ2n) is 7.78. The van der Waals surface area contributed by atoms with Gasteiger partial charge in [0.15, 0.2) is 0 Å². The standard InChI is InChI=1S/C24H31FN2O2/c1-6-18(4)26-24(29)19(5)27(15-21-9-7-8-10-22(21)25)23(28)14-20-12-16(2)11-17(3)13-20/h7-13,18-19H,6,14-15H2,1-5H3,(H,26,29)/t18-,19+/m1/s1. The predicted octanol–water partition coefficient (Wildman–Crippen LogP) is 4.32. The van der Waals surface area contributed by atoms with E-state index in [4.69, 9.17) is 0 Å². The molecule has 0 radical (unpaired) electrons. The Morgan fingerprint density at radius 3 is 2.28 bits per heavy atom. The van der Waals surface area contributed by atoms with E-state index in [2.05, 4.69) is 5.32 Å². The fourth-order valence-electron chi connectivity index (χ4n) is 3.31. The normalized spacial score (nSPS) is 12.9. The lowest BCUT2D eigenvalue weighted by molar-refractivity contribution is -0.140. The van der Waals surface area contributed by atoms with Gasteiger partial charge in [0, 0.05) is 18.2 Å². The van der Waals surface area contributed by atoms with Crippen molar-refractivity contribution in [3.05, 3.63) is 70.5 Å². The van der Waals surface area contributed by atoms with Crippen LogP contribution in [0.2, 0.25) is 0 Å². The Morgan fingerprint density at radius 1 is 1.07 bits per heavy atom. The largest absolute Gasteiger partial charge is 0.352 e. The van der Waals surface area contributed by atoms with Gasteiger partial charge >= 0.3 is 0 Å². The smallest absolute Gasteiger partial charge is 0.242 e. The summed E-state index contributed by atoms with van der Waals surface area (Å²) in [6, 6.07) is 11.6. The van der Waals surface area contributed by atoms with E-state index in [1.54, 1.807) is 25.1 Å². The number of rotatable bonds is 8. The maximum atomic E-state index is 14.2. The van der Waals surface area contributed by atoms with E-state index in [-0.39, 0.29) is 36.6 Å². The summed E-state index contributed by atoms with van der Waals surface area (Å²) in [7, 11) is 0. The van der Waals surface area contributed by atoms with Crippen molar-refractivity contribution < 1.29 is 14.0 Å². The van der Waals surface area contributed by atoms with E-state index in [0.29, 0.717) is 5.56 Å². The van der Waals surface area contributed by atoms with E-state index in [0.717, 1.165) is 23.1 Å². The number of hydrogen-bond donors (Lipinski definition) is 1. The van der Waals surface area contributed by atoms with Gasteiger partial charge in [0.25, 0.3) is 0 Å². The van der Waals surface area contributed by atoms with Gasteiger partial charge in [-0.2, -0.15) is 0 Å². The molecule has 0 unspecified atom stereocenters. The van der Waals surface area contributed by atoms with Crippen molar-refractivity contribution >= 4 is 11.8 Å². The molecule has 0 bridgehead atoms. The van der Waals surface area contributed by atoms with Crippen LogP contribution < -0.4 is 5.32 Å². The Labute approximate surface area is 173 Å². The number of aryl methyl sites for hydroxylation is 2. The summed E-state index contributed by atoms with van der Waals surface area (Å²) in [6.07, 6.45) is 0.959. The minimum atomic E-state index is -0.706. The van der Waals surface area contributed by atoms with Crippen LogP contribution in [0.25, 0.3) is 0 Å². The Kier molecular flexibility index (Phi) is 7.94. The molecule has 2 aromatic carbocycles. The van der Waals surface area contributed by atoms with Crippen molar-refractivity contribution in [2.24, 2.45) is 0 Å². The van der Waals surface area contributed by atoms with Gasteiger partial charge in [-0.05, 0) is 45.7 Å². The number of nitrogens with one attached hydrogen (secondary N) is 1. The molecule has 0 aliphatic rings. The third-order valence-electron chi connectivity index (χ3n) is 5.10.